The number of morpholine rings is 1. The van der Waals surface area contributed by atoms with Crippen LogP contribution in [0, 0.1) is 5.92 Å². The number of likely N-dealkylation sites (tertiary alicyclic amines) is 2. The molecule has 0 atom stereocenters. The van der Waals surface area contributed by atoms with Gasteiger partial charge in [-0.25, -0.2) is 0 Å². The largest absolute Gasteiger partial charge is 0.378 e. The molecule has 3 rings (SSSR count). The van der Waals surface area contributed by atoms with Crippen molar-refractivity contribution in [3.05, 3.63) is 0 Å². The fourth-order valence-electron chi connectivity index (χ4n) is 3.81. The van der Waals surface area contributed by atoms with E-state index in [1.807, 2.05) is 4.90 Å². The molecule has 0 radical (unpaired) electrons. The highest BCUT2D eigenvalue weighted by molar-refractivity contribution is 5.79. The summed E-state index contributed by atoms with van der Waals surface area (Å²) in [5.41, 5.74) is 0. The summed E-state index contributed by atoms with van der Waals surface area (Å²) in [5.74, 6) is 0.723. The van der Waals surface area contributed by atoms with Crippen LogP contribution >= 0.6 is 0 Å². The molecule has 3 aliphatic rings. The maximum absolute atomic E-state index is 12.5. The first kappa shape index (κ1) is 16.7. The van der Waals surface area contributed by atoms with Gasteiger partial charge in [0.05, 0.1) is 19.8 Å². The molecule has 2 amide bonds. The van der Waals surface area contributed by atoms with Gasteiger partial charge in [0.1, 0.15) is 0 Å². The quantitative estimate of drug-likeness (QED) is 0.762. The highest BCUT2D eigenvalue weighted by atomic mass is 16.5. The number of hydrogen-bond donors (Lipinski definition) is 0. The van der Waals surface area contributed by atoms with Gasteiger partial charge in [0.25, 0.3) is 0 Å². The van der Waals surface area contributed by atoms with Crippen LogP contribution < -0.4 is 0 Å². The second kappa shape index (κ2) is 8.11. The van der Waals surface area contributed by atoms with Gasteiger partial charge in [-0.2, -0.15) is 0 Å². The Hall–Kier alpha value is -1.14. The summed E-state index contributed by atoms with van der Waals surface area (Å²) in [4.78, 5) is 31.0. The Morgan fingerprint density at radius 2 is 1.48 bits per heavy atom. The van der Waals surface area contributed by atoms with E-state index in [9.17, 15) is 9.59 Å². The molecule has 0 aromatic rings. The Morgan fingerprint density at radius 1 is 0.826 bits per heavy atom. The Bertz CT molecular complexity index is 409. The summed E-state index contributed by atoms with van der Waals surface area (Å²) in [7, 11) is 0. The average molecular weight is 323 g/mol. The lowest BCUT2D eigenvalue weighted by molar-refractivity contribution is -0.139. The number of piperidine rings is 2. The normalized spacial score (nSPS) is 24.7. The predicted octanol–water partition coefficient (Wildman–Crippen LogP) is 0.570. The van der Waals surface area contributed by atoms with Crippen molar-refractivity contribution in [1.82, 2.24) is 14.7 Å². The van der Waals surface area contributed by atoms with Gasteiger partial charge in [0.15, 0.2) is 0 Å². The van der Waals surface area contributed by atoms with E-state index in [0.717, 1.165) is 51.9 Å². The Labute approximate surface area is 138 Å². The van der Waals surface area contributed by atoms with E-state index in [1.54, 1.807) is 0 Å². The molecule has 0 saturated carbocycles. The van der Waals surface area contributed by atoms with E-state index < -0.39 is 0 Å². The number of ether oxygens (including phenoxy) is 1. The zero-order valence-electron chi connectivity index (χ0n) is 14.0. The molecule has 0 unspecified atom stereocenters. The van der Waals surface area contributed by atoms with Crippen molar-refractivity contribution in [3.63, 3.8) is 0 Å². The van der Waals surface area contributed by atoms with Crippen LogP contribution in [0.1, 0.15) is 32.1 Å². The standard InChI is InChI=1S/C17H29N3O3/c21-16(19-10-12-23-13-11-19)14-18-8-4-15(5-9-18)17(22)20-6-2-1-3-7-20/h15H,1-14H2. The summed E-state index contributed by atoms with van der Waals surface area (Å²) >= 11 is 0. The lowest BCUT2D eigenvalue weighted by atomic mass is 9.94. The van der Waals surface area contributed by atoms with E-state index in [-0.39, 0.29) is 11.8 Å². The van der Waals surface area contributed by atoms with Crippen LogP contribution in [0.2, 0.25) is 0 Å². The molecule has 0 spiro atoms. The summed E-state index contributed by atoms with van der Waals surface area (Å²) in [6.45, 7) is 6.82. The van der Waals surface area contributed by atoms with E-state index in [0.29, 0.717) is 38.8 Å². The van der Waals surface area contributed by atoms with Gasteiger partial charge in [0, 0.05) is 32.1 Å². The molecule has 0 N–H and O–H groups in total. The number of rotatable bonds is 3. The third-order valence-corrected chi connectivity index (χ3v) is 5.33. The molecule has 3 heterocycles. The lowest BCUT2D eigenvalue weighted by Crippen LogP contribution is -2.49. The zero-order valence-corrected chi connectivity index (χ0v) is 14.0. The van der Waals surface area contributed by atoms with Crippen LogP contribution in [0.25, 0.3) is 0 Å². The second-order valence-corrected chi connectivity index (χ2v) is 6.93. The molecule has 130 valence electrons. The molecule has 3 saturated heterocycles. The Morgan fingerprint density at radius 3 is 2.13 bits per heavy atom. The van der Waals surface area contributed by atoms with Crippen LogP contribution in [-0.2, 0) is 14.3 Å². The topological polar surface area (TPSA) is 53.1 Å². The molecule has 3 aliphatic heterocycles. The Balaban J connectivity index is 1.41. The molecular formula is C17H29N3O3. The average Bonchev–Trinajstić information content (AvgIpc) is 2.63. The van der Waals surface area contributed by atoms with Crippen LogP contribution in [0.15, 0.2) is 0 Å². The van der Waals surface area contributed by atoms with Crippen molar-refractivity contribution in [1.29, 1.82) is 0 Å². The fourth-order valence-corrected chi connectivity index (χ4v) is 3.81. The molecule has 0 aromatic heterocycles. The number of carbonyl (C=O) groups is 2. The van der Waals surface area contributed by atoms with Gasteiger partial charge >= 0.3 is 0 Å². The number of nitrogens with zero attached hydrogens (tertiary/aromatic N) is 3. The highest BCUT2D eigenvalue weighted by Crippen LogP contribution is 2.22. The molecular weight excluding hydrogens is 294 g/mol. The summed E-state index contributed by atoms with van der Waals surface area (Å²) < 4.78 is 5.29. The van der Waals surface area contributed by atoms with E-state index >= 15 is 0 Å². The van der Waals surface area contributed by atoms with E-state index in [1.165, 1.54) is 6.42 Å². The van der Waals surface area contributed by atoms with E-state index in [4.69, 9.17) is 4.74 Å². The first-order valence-corrected chi connectivity index (χ1v) is 9.11. The summed E-state index contributed by atoms with van der Waals surface area (Å²) in [6.07, 6.45) is 5.35. The molecule has 0 aliphatic carbocycles. The first-order valence-electron chi connectivity index (χ1n) is 9.11. The first-order chi connectivity index (χ1) is 11.2. The van der Waals surface area contributed by atoms with Gasteiger partial charge < -0.3 is 14.5 Å². The number of hydrogen-bond acceptors (Lipinski definition) is 4. The second-order valence-electron chi connectivity index (χ2n) is 6.93. The zero-order chi connectivity index (χ0) is 16.1. The molecule has 23 heavy (non-hydrogen) atoms. The minimum Gasteiger partial charge on any atom is -0.378 e. The highest BCUT2D eigenvalue weighted by Gasteiger charge is 2.30. The molecule has 6 nitrogen and oxygen atoms in total. The van der Waals surface area contributed by atoms with Crippen LogP contribution in [0.5, 0.6) is 0 Å². The fraction of sp³-hybridized carbons (Fsp3) is 0.882. The maximum atomic E-state index is 12.5. The van der Waals surface area contributed by atoms with Gasteiger partial charge in [-0.05, 0) is 45.2 Å². The van der Waals surface area contributed by atoms with Crippen LogP contribution in [-0.4, -0.2) is 85.5 Å². The third-order valence-electron chi connectivity index (χ3n) is 5.33. The molecule has 0 aromatic carbocycles. The van der Waals surface area contributed by atoms with Gasteiger partial charge in [-0.3, -0.25) is 14.5 Å². The van der Waals surface area contributed by atoms with Crippen molar-refractivity contribution in [3.8, 4) is 0 Å². The van der Waals surface area contributed by atoms with Crippen LogP contribution in [0.4, 0.5) is 0 Å². The van der Waals surface area contributed by atoms with Crippen molar-refractivity contribution in [2.45, 2.75) is 32.1 Å². The predicted molar refractivity (Wildman–Crippen MR) is 87.0 cm³/mol. The van der Waals surface area contributed by atoms with E-state index in [2.05, 4.69) is 9.80 Å². The van der Waals surface area contributed by atoms with Crippen molar-refractivity contribution in [2.24, 2.45) is 5.92 Å². The van der Waals surface area contributed by atoms with Crippen molar-refractivity contribution in [2.75, 3.05) is 59.0 Å². The Kier molecular flexibility index (Phi) is 5.89. The van der Waals surface area contributed by atoms with Gasteiger partial charge in [-0.1, -0.05) is 0 Å². The minimum absolute atomic E-state index is 0.169. The lowest BCUT2D eigenvalue weighted by Gasteiger charge is -2.36. The molecule has 0 bridgehead atoms. The third kappa shape index (κ3) is 4.44. The maximum Gasteiger partial charge on any atom is 0.236 e. The molecule has 6 heteroatoms. The van der Waals surface area contributed by atoms with Crippen LogP contribution in [0.3, 0.4) is 0 Å². The monoisotopic (exact) mass is 323 g/mol. The smallest absolute Gasteiger partial charge is 0.236 e. The SMILES string of the molecule is O=C(CN1CCC(C(=O)N2CCCCC2)CC1)N1CCOCC1. The van der Waals surface area contributed by atoms with Gasteiger partial charge in [0.2, 0.25) is 11.8 Å². The molecule has 3 fully saturated rings. The van der Waals surface area contributed by atoms with Crippen molar-refractivity contribution >= 4 is 11.8 Å². The number of carbonyl (C=O) groups excluding carboxylic acids is 2. The minimum atomic E-state index is 0.169. The van der Waals surface area contributed by atoms with Crippen molar-refractivity contribution < 1.29 is 14.3 Å². The summed E-state index contributed by atoms with van der Waals surface area (Å²) in [5, 5.41) is 0. The number of amides is 2. The summed E-state index contributed by atoms with van der Waals surface area (Å²) in [6, 6.07) is 0. The van der Waals surface area contributed by atoms with Gasteiger partial charge in [-0.15, -0.1) is 0 Å².